The van der Waals surface area contributed by atoms with Gasteiger partial charge in [-0.2, -0.15) is 0 Å². The van der Waals surface area contributed by atoms with Crippen molar-refractivity contribution >= 4 is 0 Å². The van der Waals surface area contributed by atoms with Gasteiger partial charge in [-0.05, 0) is 73.1 Å². The number of rotatable bonds is 3. The number of aryl methyl sites for hydroxylation is 1. The Morgan fingerprint density at radius 1 is 1.00 bits per heavy atom. The summed E-state index contributed by atoms with van der Waals surface area (Å²) in [6.45, 7) is 3.95. The summed E-state index contributed by atoms with van der Waals surface area (Å²) in [5, 5.41) is 19.3. The Morgan fingerprint density at radius 3 is 2.45 bits per heavy atom. The molecular formula is C20H22O2. The van der Waals surface area contributed by atoms with Gasteiger partial charge in [0.15, 0.2) is 0 Å². The van der Waals surface area contributed by atoms with Crippen molar-refractivity contribution in [1.29, 1.82) is 0 Å². The number of hydrogen-bond acceptors (Lipinski definition) is 2. The van der Waals surface area contributed by atoms with Gasteiger partial charge in [-0.3, -0.25) is 0 Å². The van der Waals surface area contributed by atoms with E-state index in [9.17, 15) is 10.2 Å². The topological polar surface area (TPSA) is 40.5 Å². The van der Waals surface area contributed by atoms with Crippen molar-refractivity contribution in [3.05, 3.63) is 71.8 Å². The Kier molecular flexibility index (Phi) is 3.93. The quantitative estimate of drug-likeness (QED) is 0.647. The number of hydrogen-bond donors (Lipinski definition) is 2. The lowest BCUT2D eigenvalue weighted by molar-refractivity contribution is 0.392. The average molecular weight is 294 g/mol. The fourth-order valence-corrected chi connectivity index (χ4v) is 3.72. The molecule has 1 atom stereocenters. The second-order valence-corrected chi connectivity index (χ2v) is 6.30. The molecular weight excluding hydrogens is 272 g/mol. The van der Waals surface area contributed by atoms with E-state index in [-0.39, 0.29) is 5.41 Å². The molecule has 0 amide bonds. The Balaban J connectivity index is 2.05. The molecule has 114 valence electrons. The molecule has 0 aromatic heterocycles. The number of benzene rings is 2. The summed E-state index contributed by atoms with van der Waals surface area (Å²) in [5.41, 5.74) is 3.85. The maximum absolute atomic E-state index is 9.72. The molecule has 0 radical (unpaired) electrons. The predicted octanol–water partition coefficient (Wildman–Crippen LogP) is 4.49. The van der Waals surface area contributed by atoms with Crippen LogP contribution >= 0.6 is 0 Å². The van der Waals surface area contributed by atoms with Crippen LogP contribution in [-0.2, 0) is 18.3 Å². The molecule has 22 heavy (non-hydrogen) atoms. The van der Waals surface area contributed by atoms with Gasteiger partial charge in [-0.15, -0.1) is 6.58 Å². The highest BCUT2D eigenvalue weighted by atomic mass is 16.3. The van der Waals surface area contributed by atoms with Gasteiger partial charge in [0.25, 0.3) is 0 Å². The van der Waals surface area contributed by atoms with Crippen molar-refractivity contribution in [2.75, 3.05) is 0 Å². The average Bonchev–Trinajstić information content (AvgIpc) is 2.68. The molecule has 0 bridgehead atoms. The van der Waals surface area contributed by atoms with E-state index in [1.165, 1.54) is 16.7 Å². The monoisotopic (exact) mass is 294 g/mol. The lowest BCUT2D eigenvalue weighted by Gasteiger charge is -2.33. The lowest BCUT2D eigenvalue weighted by Crippen LogP contribution is -2.27. The number of allylic oxidation sites excluding steroid dienone is 1. The maximum atomic E-state index is 9.72. The molecule has 2 N–H and O–H groups in total. The first-order chi connectivity index (χ1) is 10.6. The molecule has 0 saturated heterocycles. The Labute approximate surface area is 131 Å². The number of aromatic hydroxyl groups is 2. The first kappa shape index (κ1) is 14.7. The highest BCUT2D eigenvalue weighted by molar-refractivity contribution is 5.41. The zero-order valence-corrected chi connectivity index (χ0v) is 12.8. The maximum Gasteiger partial charge on any atom is 0.115 e. The van der Waals surface area contributed by atoms with Crippen LogP contribution in [0.5, 0.6) is 11.5 Å². The molecule has 1 unspecified atom stereocenters. The fourth-order valence-electron chi connectivity index (χ4n) is 3.72. The summed E-state index contributed by atoms with van der Waals surface area (Å²) in [6.07, 6.45) is 7.03. The van der Waals surface area contributed by atoms with Crippen molar-refractivity contribution in [3.8, 4) is 11.5 Å². The molecule has 1 aliphatic rings. The molecule has 3 rings (SSSR count). The highest BCUT2D eigenvalue weighted by Crippen LogP contribution is 2.41. The number of phenolic OH excluding ortho intramolecular Hbond substituents is 2. The van der Waals surface area contributed by atoms with Crippen LogP contribution in [0.4, 0.5) is 0 Å². The molecule has 0 fully saturated rings. The van der Waals surface area contributed by atoms with E-state index in [4.69, 9.17) is 0 Å². The van der Waals surface area contributed by atoms with Gasteiger partial charge >= 0.3 is 0 Å². The minimum atomic E-state index is 0.0255. The van der Waals surface area contributed by atoms with Crippen molar-refractivity contribution in [2.24, 2.45) is 0 Å². The standard InChI is InChI=1S/C20H22O2/c1-2-11-20(17-6-9-18(21)10-7-17)12-3-4-15-13-19(22)8-5-16(15)14-20/h2,5-10,13,21-22H,1,3-4,11-12,14H2. The van der Waals surface area contributed by atoms with Crippen molar-refractivity contribution in [1.82, 2.24) is 0 Å². The molecule has 0 spiro atoms. The van der Waals surface area contributed by atoms with Crippen molar-refractivity contribution in [3.63, 3.8) is 0 Å². The zero-order chi connectivity index (χ0) is 15.6. The SMILES string of the molecule is C=CCC1(c2ccc(O)cc2)CCCc2cc(O)ccc2C1. The number of fused-ring (bicyclic) bond motifs is 1. The van der Waals surface area contributed by atoms with Crippen LogP contribution < -0.4 is 0 Å². The molecule has 0 aliphatic heterocycles. The molecule has 0 heterocycles. The Bertz CT molecular complexity index is 673. The first-order valence-electron chi connectivity index (χ1n) is 7.84. The molecule has 1 aliphatic carbocycles. The molecule has 2 heteroatoms. The summed E-state index contributed by atoms with van der Waals surface area (Å²) < 4.78 is 0. The van der Waals surface area contributed by atoms with Crippen molar-refractivity contribution in [2.45, 2.75) is 37.5 Å². The fraction of sp³-hybridized carbons (Fsp3) is 0.300. The molecule has 2 nitrogen and oxygen atoms in total. The van der Waals surface area contributed by atoms with Crippen LogP contribution in [0, 0.1) is 0 Å². The van der Waals surface area contributed by atoms with Gasteiger partial charge in [0.05, 0.1) is 0 Å². The van der Waals surface area contributed by atoms with Crippen LogP contribution in [0.25, 0.3) is 0 Å². The van der Waals surface area contributed by atoms with Crippen LogP contribution in [-0.4, -0.2) is 10.2 Å². The second kappa shape index (κ2) is 5.88. The second-order valence-electron chi connectivity index (χ2n) is 6.30. The highest BCUT2D eigenvalue weighted by Gasteiger charge is 2.33. The normalized spacial score (nSPS) is 20.9. The van der Waals surface area contributed by atoms with E-state index in [1.54, 1.807) is 18.2 Å². The van der Waals surface area contributed by atoms with E-state index in [0.717, 1.165) is 32.1 Å². The molecule has 0 saturated carbocycles. The summed E-state index contributed by atoms with van der Waals surface area (Å²) in [7, 11) is 0. The van der Waals surface area contributed by atoms with Crippen LogP contribution in [0.3, 0.4) is 0 Å². The summed E-state index contributed by atoms with van der Waals surface area (Å²) in [5.74, 6) is 0.649. The smallest absolute Gasteiger partial charge is 0.115 e. The zero-order valence-electron chi connectivity index (χ0n) is 12.8. The van der Waals surface area contributed by atoms with E-state index in [0.29, 0.717) is 11.5 Å². The van der Waals surface area contributed by atoms with Crippen LogP contribution in [0.2, 0.25) is 0 Å². The van der Waals surface area contributed by atoms with E-state index < -0.39 is 0 Å². The lowest BCUT2D eigenvalue weighted by atomic mass is 9.71. The molecule has 2 aromatic carbocycles. The summed E-state index contributed by atoms with van der Waals surface area (Å²) >= 11 is 0. The Morgan fingerprint density at radius 2 is 1.73 bits per heavy atom. The van der Waals surface area contributed by atoms with E-state index >= 15 is 0 Å². The van der Waals surface area contributed by atoms with Gasteiger partial charge in [0, 0.05) is 5.41 Å². The summed E-state index contributed by atoms with van der Waals surface area (Å²) in [4.78, 5) is 0. The predicted molar refractivity (Wildman–Crippen MR) is 89.3 cm³/mol. The van der Waals surface area contributed by atoms with Gasteiger partial charge < -0.3 is 10.2 Å². The minimum absolute atomic E-state index is 0.0255. The van der Waals surface area contributed by atoms with Crippen LogP contribution in [0.15, 0.2) is 55.1 Å². The largest absolute Gasteiger partial charge is 0.508 e. The Hall–Kier alpha value is -2.22. The van der Waals surface area contributed by atoms with Gasteiger partial charge in [-0.25, -0.2) is 0 Å². The molecule has 2 aromatic rings. The first-order valence-corrected chi connectivity index (χ1v) is 7.84. The van der Waals surface area contributed by atoms with Gasteiger partial charge in [0.2, 0.25) is 0 Å². The van der Waals surface area contributed by atoms with E-state index in [1.807, 2.05) is 30.3 Å². The third-order valence-electron chi connectivity index (χ3n) is 4.83. The van der Waals surface area contributed by atoms with E-state index in [2.05, 4.69) is 6.58 Å². The van der Waals surface area contributed by atoms with Gasteiger partial charge in [-0.1, -0.05) is 24.3 Å². The third-order valence-corrected chi connectivity index (χ3v) is 4.83. The third kappa shape index (κ3) is 2.74. The van der Waals surface area contributed by atoms with Gasteiger partial charge in [0.1, 0.15) is 11.5 Å². The number of phenols is 2. The minimum Gasteiger partial charge on any atom is -0.508 e. The van der Waals surface area contributed by atoms with Crippen molar-refractivity contribution < 1.29 is 10.2 Å². The summed E-state index contributed by atoms with van der Waals surface area (Å²) in [6, 6.07) is 13.3. The van der Waals surface area contributed by atoms with Crippen LogP contribution in [0.1, 0.15) is 36.0 Å².